The van der Waals surface area contributed by atoms with E-state index in [1.165, 1.54) is 0 Å². The fourth-order valence-electron chi connectivity index (χ4n) is 3.23. The van der Waals surface area contributed by atoms with Gasteiger partial charge in [-0.15, -0.1) is 0 Å². The number of nitrogens with one attached hydrogen (secondary N) is 3. The van der Waals surface area contributed by atoms with Crippen molar-refractivity contribution in [2.24, 2.45) is 5.10 Å². The average Bonchev–Trinajstić information content (AvgIpc) is 3.28. The summed E-state index contributed by atoms with van der Waals surface area (Å²) in [5.41, 5.74) is 3.78. The van der Waals surface area contributed by atoms with Crippen molar-refractivity contribution in [3.63, 3.8) is 0 Å². The third-order valence-corrected chi connectivity index (χ3v) is 4.90. The second kappa shape index (κ2) is 9.22. The molecule has 1 atom stereocenters. The quantitative estimate of drug-likeness (QED) is 0.301. The van der Waals surface area contributed by atoms with Gasteiger partial charge in [-0.25, -0.2) is 15.2 Å². The van der Waals surface area contributed by atoms with Crippen molar-refractivity contribution in [2.45, 2.75) is 19.9 Å². The molecule has 11 heteroatoms. The van der Waals surface area contributed by atoms with Crippen molar-refractivity contribution in [1.29, 1.82) is 0 Å². The maximum atomic E-state index is 13.2. The van der Waals surface area contributed by atoms with Gasteiger partial charge in [0.25, 0.3) is 17.4 Å². The van der Waals surface area contributed by atoms with Gasteiger partial charge in [-0.05, 0) is 37.2 Å². The standard InChI is InChI=1S/C22H19N7O4/c1-12(17-13(2)28-33-29-17)24-27-22(32)19(23-20(30)14-8-4-3-5-9-14)18-15-10-6-7-11-16(15)21(31)26-25-18/h3-11,19H,1-2H3,(H,23,30)(H,26,31)(H,27,32)/b24-12-/t19-/m1/s1. The van der Waals surface area contributed by atoms with Crippen LogP contribution in [0.15, 0.2) is 69.1 Å². The number of rotatable bonds is 6. The first-order valence-corrected chi connectivity index (χ1v) is 9.92. The molecule has 0 unspecified atom stereocenters. The molecule has 0 saturated heterocycles. The average molecular weight is 445 g/mol. The van der Waals surface area contributed by atoms with Crippen LogP contribution in [-0.4, -0.2) is 38.0 Å². The Bertz CT molecular complexity index is 1410. The van der Waals surface area contributed by atoms with Gasteiger partial charge < -0.3 is 5.32 Å². The lowest BCUT2D eigenvalue weighted by molar-refractivity contribution is -0.123. The van der Waals surface area contributed by atoms with Gasteiger partial charge >= 0.3 is 0 Å². The second-order valence-electron chi connectivity index (χ2n) is 7.13. The smallest absolute Gasteiger partial charge is 0.272 e. The van der Waals surface area contributed by atoms with Crippen molar-refractivity contribution in [3.8, 4) is 0 Å². The molecule has 3 N–H and O–H groups in total. The van der Waals surface area contributed by atoms with E-state index in [-0.39, 0.29) is 5.69 Å². The van der Waals surface area contributed by atoms with Crippen LogP contribution in [0.5, 0.6) is 0 Å². The summed E-state index contributed by atoms with van der Waals surface area (Å²) >= 11 is 0. The van der Waals surface area contributed by atoms with Gasteiger partial charge in [0.05, 0.1) is 11.1 Å². The summed E-state index contributed by atoms with van der Waals surface area (Å²) in [6.45, 7) is 3.31. The van der Waals surface area contributed by atoms with Gasteiger partial charge in [0.2, 0.25) is 0 Å². The molecule has 0 saturated carbocycles. The summed E-state index contributed by atoms with van der Waals surface area (Å²) in [4.78, 5) is 38.2. The Hall–Kier alpha value is -4.67. The van der Waals surface area contributed by atoms with E-state index in [2.05, 4.69) is 41.0 Å². The van der Waals surface area contributed by atoms with Gasteiger partial charge in [0, 0.05) is 10.9 Å². The van der Waals surface area contributed by atoms with Gasteiger partial charge in [0.1, 0.15) is 11.4 Å². The molecule has 0 spiro atoms. The highest BCUT2D eigenvalue weighted by molar-refractivity contribution is 6.01. The zero-order valence-corrected chi connectivity index (χ0v) is 17.7. The number of aryl methyl sites for hydroxylation is 1. The molecule has 0 radical (unpaired) electrons. The molecule has 4 rings (SSSR count). The number of aromatic amines is 1. The Labute approximate surface area is 186 Å². The third kappa shape index (κ3) is 4.51. The third-order valence-electron chi connectivity index (χ3n) is 4.90. The normalized spacial score (nSPS) is 12.4. The highest BCUT2D eigenvalue weighted by atomic mass is 16.6. The largest absolute Gasteiger partial charge is 0.335 e. The molecular weight excluding hydrogens is 426 g/mol. The van der Waals surface area contributed by atoms with Crippen LogP contribution in [0.25, 0.3) is 10.8 Å². The highest BCUT2D eigenvalue weighted by Crippen LogP contribution is 2.20. The Morgan fingerprint density at radius 1 is 1.03 bits per heavy atom. The van der Waals surface area contributed by atoms with E-state index < -0.39 is 23.4 Å². The molecule has 2 amide bonds. The molecule has 33 heavy (non-hydrogen) atoms. The Kier molecular flexibility index (Phi) is 6.02. The molecule has 0 aliphatic carbocycles. The van der Waals surface area contributed by atoms with Gasteiger partial charge in [-0.3, -0.25) is 14.4 Å². The number of amides is 2. The highest BCUT2D eigenvalue weighted by Gasteiger charge is 2.27. The van der Waals surface area contributed by atoms with Crippen LogP contribution in [0.4, 0.5) is 0 Å². The lowest BCUT2D eigenvalue weighted by atomic mass is 10.0. The summed E-state index contributed by atoms with van der Waals surface area (Å²) < 4.78 is 4.66. The molecule has 0 aliphatic heterocycles. The summed E-state index contributed by atoms with van der Waals surface area (Å²) in [7, 11) is 0. The number of H-pyrrole nitrogens is 1. The number of benzene rings is 2. The maximum absolute atomic E-state index is 13.2. The van der Waals surface area contributed by atoms with Crippen molar-refractivity contribution >= 4 is 28.3 Å². The van der Waals surface area contributed by atoms with E-state index in [4.69, 9.17) is 0 Å². The summed E-state index contributed by atoms with van der Waals surface area (Å²) in [5, 5.41) is 21.4. The summed E-state index contributed by atoms with van der Waals surface area (Å²) in [6.07, 6.45) is 0. The minimum atomic E-state index is -1.26. The number of hydrogen-bond acceptors (Lipinski definition) is 8. The molecular formula is C22H19N7O4. The SMILES string of the molecule is C/C(=N/NC(=O)[C@H](NC(=O)c1ccccc1)c1n[nH]c(=O)c2ccccc12)c1nonc1C. The minimum Gasteiger partial charge on any atom is -0.335 e. The summed E-state index contributed by atoms with van der Waals surface area (Å²) in [5.74, 6) is -1.16. The lowest BCUT2D eigenvalue weighted by Crippen LogP contribution is -2.40. The molecule has 166 valence electrons. The second-order valence-corrected chi connectivity index (χ2v) is 7.13. The number of nitrogens with zero attached hydrogens (tertiary/aromatic N) is 4. The van der Waals surface area contributed by atoms with Gasteiger partial charge in [-0.2, -0.15) is 10.2 Å². The van der Waals surface area contributed by atoms with Gasteiger partial charge in [0.15, 0.2) is 11.7 Å². The van der Waals surface area contributed by atoms with Crippen LogP contribution in [0.1, 0.15) is 40.4 Å². The van der Waals surface area contributed by atoms with E-state index >= 15 is 0 Å². The van der Waals surface area contributed by atoms with Crippen molar-refractivity contribution in [1.82, 2.24) is 31.3 Å². The predicted molar refractivity (Wildman–Crippen MR) is 118 cm³/mol. The monoisotopic (exact) mass is 445 g/mol. The fourth-order valence-corrected chi connectivity index (χ4v) is 3.23. The minimum absolute atomic E-state index is 0.166. The van der Waals surface area contributed by atoms with E-state index in [9.17, 15) is 14.4 Å². The number of carbonyl (C=O) groups is 2. The number of carbonyl (C=O) groups excluding carboxylic acids is 2. The topological polar surface area (TPSA) is 155 Å². The molecule has 0 fully saturated rings. The zero-order valence-electron chi connectivity index (χ0n) is 17.7. The zero-order chi connectivity index (χ0) is 23.4. The first-order chi connectivity index (χ1) is 16.0. The lowest BCUT2D eigenvalue weighted by Gasteiger charge is -2.18. The van der Waals surface area contributed by atoms with E-state index in [0.29, 0.717) is 33.4 Å². The van der Waals surface area contributed by atoms with Crippen molar-refractivity contribution < 1.29 is 14.2 Å². The molecule has 2 heterocycles. The van der Waals surface area contributed by atoms with Gasteiger partial charge in [-0.1, -0.05) is 41.6 Å². The Morgan fingerprint density at radius 3 is 2.42 bits per heavy atom. The summed E-state index contributed by atoms with van der Waals surface area (Å²) in [6, 6.07) is 13.8. The van der Waals surface area contributed by atoms with Crippen LogP contribution in [0.2, 0.25) is 0 Å². The predicted octanol–water partition coefficient (Wildman–Crippen LogP) is 1.63. The molecule has 0 bridgehead atoms. The fraction of sp³-hybridized carbons (Fsp3) is 0.136. The van der Waals surface area contributed by atoms with Crippen molar-refractivity contribution in [2.75, 3.05) is 0 Å². The number of aromatic nitrogens is 4. The van der Waals surface area contributed by atoms with E-state index in [1.807, 2.05) is 0 Å². The molecule has 2 aromatic carbocycles. The number of hydrazone groups is 1. The number of fused-ring (bicyclic) bond motifs is 1. The first-order valence-electron chi connectivity index (χ1n) is 9.92. The van der Waals surface area contributed by atoms with Crippen LogP contribution in [0.3, 0.4) is 0 Å². The van der Waals surface area contributed by atoms with Crippen LogP contribution in [0, 0.1) is 6.92 Å². The molecule has 2 aromatic heterocycles. The van der Waals surface area contributed by atoms with E-state index in [0.717, 1.165) is 0 Å². The molecule has 4 aromatic rings. The van der Waals surface area contributed by atoms with Crippen LogP contribution >= 0.6 is 0 Å². The van der Waals surface area contributed by atoms with Crippen LogP contribution in [-0.2, 0) is 4.79 Å². The first kappa shape index (κ1) is 21.6. The number of hydrogen-bond donors (Lipinski definition) is 3. The van der Waals surface area contributed by atoms with E-state index in [1.54, 1.807) is 68.4 Å². The van der Waals surface area contributed by atoms with Crippen molar-refractivity contribution in [3.05, 3.63) is 87.6 Å². The Morgan fingerprint density at radius 2 is 1.73 bits per heavy atom. The Balaban J connectivity index is 1.71. The molecule has 11 nitrogen and oxygen atoms in total. The molecule has 0 aliphatic rings. The van der Waals surface area contributed by atoms with Crippen LogP contribution < -0.4 is 16.3 Å². The maximum Gasteiger partial charge on any atom is 0.272 e.